The third kappa shape index (κ3) is 0.956. The number of hydrogen-bond donors (Lipinski definition) is 1. The van der Waals surface area contributed by atoms with Crippen molar-refractivity contribution in [3.63, 3.8) is 0 Å². The lowest BCUT2D eigenvalue weighted by atomic mass is 10.1. The standard InChI is InChI=1S/C8H15NO/c9-4-3-7-6-2-1-5-10-8(6)7/h6-8H,1-5,9H2. The minimum Gasteiger partial charge on any atom is -0.378 e. The van der Waals surface area contributed by atoms with E-state index in [1.54, 1.807) is 0 Å². The Morgan fingerprint density at radius 1 is 1.50 bits per heavy atom. The zero-order valence-electron chi connectivity index (χ0n) is 6.25. The fourth-order valence-corrected chi connectivity index (χ4v) is 2.14. The zero-order chi connectivity index (χ0) is 6.97. The van der Waals surface area contributed by atoms with Crippen molar-refractivity contribution in [2.75, 3.05) is 13.2 Å². The SMILES string of the molecule is NCCC1C2CCCOC12. The van der Waals surface area contributed by atoms with Crippen LogP contribution in [0.2, 0.25) is 0 Å². The second-order valence-corrected chi connectivity index (χ2v) is 3.38. The molecule has 2 rings (SSSR count). The third-order valence-electron chi connectivity index (χ3n) is 2.75. The third-order valence-corrected chi connectivity index (χ3v) is 2.75. The summed E-state index contributed by atoms with van der Waals surface area (Å²) in [6, 6.07) is 0. The van der Waals surface area contributed by atoms with Gasteiger partial charge in [-0.3, -0.25) is 0 Å². The predicted molar refractivity (Wildman–Crippen MR) is 39.6 cm³/mol. The molecule has 0 bridgehead atoms. The van der Waals surface area contributed by atoms with Crippen LogP contribution in [0.3, 0.4) is 0 Å². The van der Waals surface area contributed by atoms with Gasteiger partial charge in [-0.05, 0) is 37.6 Å². The van der Waals surface area contributed by atoms with Crippen LogP contribution in [-0.2, 0) is 4.74 Å². The molecule has 3 atom stereocenters. The molecule has 1 saturated heterocycles. The van der Waals surface area contributed by atoms with Crippen LogP contribution in [-0.4, -0.2) is 19.3 Å². The van der Waals surface area contributed by atoms with Crippen LogP contribution < -0.4 is 5.73 Å². The molecule has 1 aliphatic heterocycles. The van der Waals surface area contributed by atoms with Crippen molar-refractivity contribution in [2.24, 2.45) is 17.6 Å². The Morgan fingerprint density at radius 3 is 3.00 bits per heavy atom. The largest absolute Gasteiger partial charge is 0.378 e. The normalized spacial score (nSPS) is 44.7. The van der Waals surface area contributed by atoms with Crippen molar-refractivity contribution in [3.05, 3.63) is 0 Å². The van der Waals surface area contributed by atoms with Gasteiger partial charge in [0.2, 0.25) is 0 Å². The Hall–Kier alpha value is -0.0800. The Morgan fingerprint density at radius 2 is 2.40 bits per heavy atom. The van der Waals surface area contributed by atoms with Crippen LogP contribution in [0.5, 0.6) is 0 Å². The minimum atomic E-state index is 0.609. The Labute approximate surface area is 61.7 Å². The summed E-state index contributed by atoms with van der Waals surface area (Å²) in [6.07, 6.45) is 4.43. The van der Waals surface area contributed by atoms with E-state index in [0.29, 0.717) is 6.10 Å². The van der Waals surface area contributed by atoms with Gasteiger partial charge in [0.05, 0.1) is 6.10 Å². The highest BCUT2D eigenvalue weighted by atomic mass is 16.5. The molecule has 1 aliphatic carbocycles. The summed E-state index contributed by atoms with van der Waals surface area (Å²) in [5.74, 6) is 1.71. The molecular formula is C8H15NO. The molecule has 1 heterocycles. The fraction of sp³-hybridized carbons (Fsp3) is 1.00. The van der Waals surface area contributed by atoms with E-state index in [1.807, 2.05) is 0 Å². The van der Waals surface area contributed by atoms with Gasteiger partial charge in [0.15, 0.2) is 0 Å². The number of nitrogens with two attached hydrogens (primary N) is 1. The zero-order valence-corrected chi connectivity index (χ0v) is 6.25. The number of ether oxygens (including phenoxy) is 1. The van der Waals surface area contributed by atoms with Gasteiger partial charge in [-0.15, -0.1) is 0 Å². The maximum atomic E-state index is 5.56. The van der Waals surface area contributed by atoms with Crippen molar-refractivity contribution >= 4 is 0 Å². The lowest BCUT2D eigenvalue weighted by Gasteiger charge is -2.07. The van der Waals surface area contributed by atoms with Gasteiger partial charge in [0.1, 0.15) is 0 Å². The van der Waals surface area contributed by atoms with Gasteiger partial charge >= 0.3 is 0 Å². The van der Waals surface area contributed by atoms with E-state index in [4.69, 9.17) is 10.5 Å². The van der Waals surface area contributed by atoms with Crippen molar-refractivity contribution < 1.29 is 4.74 Å². The van der Waals surface area contributed by atoms with E-state index in [-0.39, 0.29) is 0 Å². The summed E-state index contributed by atoms with van der Waals surface area (Å²) < 4.78 is 5.56. The molecule has 3 unspecified atom stereocenters. The average Bonchev–Trinajstić information content (AvgIpc) is 2.66. The molecule has 0 aromatic carbocycles. The molecule has 10 heavy (non-hydrogen) atoms. The number of fused-ring (bicyclic) bond motifs is 1. The Kier molecular flexibility index (Phi) is 1.66. The fourth-order valence-electron chi connectivity index (χ4n) is 2.14. The van der Waals surface area contributed by atoms with E-state index in [1.165, 1.54) is 19.3 Å². The van der Waals surface area contributed by atoms with Crippen LogP contribution in [0.15, 0.2) is 0 Å². The summed E-state index contributed by atoms with van der Waals surface area (Å²) in [5, 5.41) is 0. The first kappa shape index (κ1) is 6.62. The van der Waals surface area contributed by atoms with Gasteiger partial charge < -0.3 is 10.5 Å². The lowest BCUT2D eigenvalue weighted by Crippen LogP contribution is -2.06. The summed E-state index contributed by atoms with van der Waals surface area (Å²) in [4.78, 5) is 0. The molecule has 0 amide bonds. The van der Waals surface area contributed by atoms with Crippen LogP contribution in [0.25, 0.3) is 0 Å². The molecule has 2 nitrogen and oxygen atoms in total. The van der Waals surface area contributed by atoms with Crippen LogP contribution >= 0.6 is 0 Å². The summed E-state index contributed by atoms with van der Waals surface area (Å²) in [5.41, 5.74) is 5.47. The summed E-state index contributed by atoms with van der Waals surface area (Å²) >= 11 is 0. The molecule has 1 saturated carbocycles. The topological polar surface area (TPSA) is 35.2 Å². The molecule has 0 spiro atoms. The second-order valence-electron chi connectivity index (χ2n) is 3.38. The van der Waals surface area contributed by atoms with Gasteiger partial charge in [0, 0.05) is 6.61 Å². The molecule has 0 aromatic heterocycles. The van der Waals surface area contributed by atoms with Gasteiger partial charge in [-0.25, -0.2) is 0 Å². The summed E-state index contributed by atoms with van der Waals surface area (Å²) in [7, 11) is 0. The number of rotatable bonds is 2. The van der Waals surface area contributed by atoms with Crippen LogP contribution in [0.4, 0.5) is 0 Å². The Bertz CT molecular complexity index is 114. The first-order chi connectivity index (χ1) is 4.93. The van der Waals surface area contributed by atoms with Gasteiger partial charge in [-0.1, -0.05) is 0 Å². The van der Waals surface area contributed by atoms with Crippen molar-refractivity contribution in [1.82, 2.24) is 0 Å². The average molecular weight is 141 g/mol. The number of hydrogen-bond acceptors (Lipinski definition) is 2. The predicted octanol–water partition coefficient (Wildman–Crippen LogP) is 0.760. The molecule has 0 radical (unpaired) electrons. The molecule has 2 aliphatic rings. The van der Waals surface area contributed by atoms with Crippen LogP contribution in [0.1, 0.15) is 19.3 Å². The summed E-state index contributed by atoms with van der Waals surface area (Å²) in [6.45, 7) is 1.82. The van der Waals surface area contributed by atoms with E-state index in [0.717, 1.165) is 25.0 Å². The Balaban J connectivity index is 1.82. The van der Waals surface area contributed by atoms with Gasteiger partial charge in [-0.2, -0.15) is 0 Å². The van der Waals surface area contributed by atoms with Crippen molar-refractivity contribution in [1.29, 1.82) is 0 Å². The highest BCUT2D eigenvalue weighted by Gasteiger charge is 2.51. The first-order valence-corrected chi connectivity index (χ1v) is 4.25. The molecule has 0 aromatic rings. The van der Waals surface area contributed by atoms with Crippen molar-refractivity contribution in [2.45, 2.75) is 25.4 Å². The quantitative estimate of drug-likeness (QED) is 0.616. The molecule has 2 heteroatoms. The first-order valence-electron chi connectivity index (χ1n) is 4.25. The van der Waals surface area contributed by atoms with Gasteiger partial charge in [0.25, 0.3) is 0 Å². The van der Waals surface area contributed by atoms with E-state index in [9.17, 15) is 0 Å². The lowest BCUT2D eigenvalue weighted by molar-refractivity contribution is 0.0750. The van der Waals surface area contributed by atoms with E-state index in [2.05, 4.69) is 0 Å². The molecular weight excluding hydrogens is 126 g/mol. The smallest absolute Gasteiger partial charge is 0.0639 e. The van der Waals surface area contributed by atoms with Crippen molar-refractivity contribution in [3.8, 4) is 0 Å². The maximum Gasteiger partial charge on any atom is 0.0639 e. The minimum absolute atomic E-state index is 0.609. The monoisotopic (exact) mass is 141 g/mol. The molecule has 2 fully saturated rings. The van der Waals surface area contributed by atoms with Crippen LogP contribution in [0, 0.1) is 11.8 Å². The maximum absolute atomic E-state index is 5.56. The van der Waals surface area contributed by atoms with E-state index >= 15 is 0 Å². The highest BCUT2D eigenvalue weighted by Crippen LogP contribution is 2.49. The molecule has 58 valence electrons. The highest BCUT2D eigenvalue weighted by molar-refractivity contribution is 5.00. The molecule has 2 N–H and O–H groups in total. The second kappa shape index (κ2) is 2.51. The van der Waals surface area contributed by atoms with E-state index < -0.39 is 0 Å².